The van der Waals surface area contributed by atoms with Crippen molar-refractivity contribution in [1.82, 2.24) is 4.90 Å². The van der Waals surface area contributed by atoms with Crippen LogP contribution < -0.4 is 4.74 Å². The van der Waals surface area contributed by atoms with Crippen molar-refractivity contribution in [1.29, 1.82) is 0 Å². The maximum Gasteiger partial charge on any atom is 0.226 e. The summed E-state index contributed by atoms with van der Waals surface area (Å²) in [5.41, 5.74) is 1.12. The van der Waals surface area contributed by atoms with Gasteiger partial charge >= 0.3 is 0 Å². The third-order valence-electron chi connectivity index (χ3n) is 5.57. The fourth-order valence-corrected chi connectivity index (χ4v) is 4.15. The van der Waals surface area contributed by atoms with E-state index >= 15 is 0 Å². The Hall–Kier alpha value is -2.00. The van der Waals surface area contributed by atoms with Crippen molar-refractivity contribution in [3.63, 3.8) is 0 Å². The molecular formula is C22H24ClNO2. The van der Waals surface area contributed by atoms with E-state index in [0.717, 1.165) is 55.3 Å². The van der Waals surface area contributed by atoms with Gasteiger partial charge < -0.3 is 9.64 Å². The lowest BCUT2D eigenvalue weighted by atomic mass is 9.97. The summed E-state index contributed by atoms with van der Waals surface area (Å²) in [6.45, 7) is 2.42. The summed E-state index contributed by atoms with van der Waals surface area (Å²) >= 11 is 6.28. The molecular weight excluding hydrogens is 346 g/mol. The van der Waals surface area contributed by atoms with E-state index < -0.39 is 0 Å². The minimum Gasteiger partial charge on any atom is -0.493 e. The highest BCUT2D eigenvalue weighted by atomic mass is 35.5. The highest BCUT2D eigenvalue weighted by Crippen LogP contribution is 2.50. The molecule has 26 heavy (non-hydrogen) atoms. The number of hydrogen-bond donors (Lipinski definition) is 0. The van der Waals surface area contributed by atoms with Gasteiger partial charge in [-0.1, -0.05) is 48.0 Å². The van der Waals surface area contributed by atoms with Crippen molar-refractivity contribution in [2.75, 3.05) is 19.7 Å². The van der Waals surface area contributed by atoms with Crippen LogP contribution >= 0.6 is 11.6 Å². The largest absolute Gasteiger partial charge is 0.493 e. The quantitative estimate of drug-likeness (QED) is 0.760. The van der Waals surface area contributed by atoms with Gasteiger partial charge in [0, 0.05) is 24.0 Å². The van der Waals surface area contributed by atoms with Crippen molar-refractivity contribution in [3.8, 4) is 5.75 Å². The second-order valence-corrected chi connectivity index (χ2v) is 7.77. The number of nitrogens with zero attached hydrogens (tertiary/aromatic N) is 1. The molecule has 0 N–H and O–H groups in total. The number of benzene rings is 2. The number of carbonyl (C=O) groups is 1. The molecule has 0 aromatic heterocycles. The van der Waals surface area contributed by atoms with E-state index in [2.05, 4.69) is 0 Å². The molecule has 2 aromatic carbocycles. The van der Waals surface area contributed by atoms with Gasteiger partial charge in [0.15, 0.2) is 0 Å². The Bertz CT molecular complexity index is 756. The van der Waals surface area contributed by atoms with Crippen LogP contribution in [0.4, 0.5) is 0 Å². The van der Waals surface area contributed by atoms with Crippen molar-refractivity contribution < 1.29 is 9.53 Å². The molecule has 2 atom stereocenters. The zero-order valence-electron chi connectivity index (χ0n) is 14.8. The van der Waals surface area contributed by atoms with Crippen LogP contribution in [-0.4, -0.2) is 30.5 Å². The summed E-state index contributed by atoms with van der Waals surface area (Å²) in [4.78, 5) is 14.8. The van der Waals surface area contributed by atoms with E-state index in [0.29, 0.717) is 17.7 Å². The molecule has 4 heteroatoms. The fraction of sp³-hybridized carbons (Fsp3) is 0.409. The number of para-hydroxylation sites is 1. The van der Waals surface area contributed by atoms with Crippen LogP contribution in [0.1, 0.15) is 30.7 Å². The van der Waals surface area contributed by atoms with Crippen molar-refractivity contribution in [3.05, 3.63) is 65.2 Å². The number of rotatable bonds is 5. The van der Waals surface area contributed by atoms with Crippen LogP contribution in [0.25, 0.3) is 0 Å². The third-order valence-corrected chi connectivity index (χ3v) is 5.91. The number of likely N-dealkylation sites (tertiary alicyclic amines) is 1. The highest BCUT2D eigenvalue weighted by Gasteiger charge is 2.46. The summed E-state index contributed by atoms with van der Waals surface area (Å²) in [5, 5.41) is 0.782. The predicted octanol–water partition coefficient (Wildman–Crippen LogP) is 4.76. The molecule has 2 unspecified atom stereocenters. The van der Waals surface area contributed by atoms with E-state index in [-0.39, 0.29) is 5.92 Å². The molecule has 2 aliphatic rings. The van der Waals surface area contributed by atoms with Gasteiger partial charge in [0.25, 0.3) is 0 Å². The number of piperidine rings is 1. The normalized spacial score (nSPS) is 22.9. The Labute approximate surface area is 159 Å². The summed E-state index contributed by atoms with van der Waals surface area (Å²) in [5.74, 6) is 2.17. The van der Waals surface area contributed by atoms with Gasteiger partial charge in [-0.25, -0.2) is 0 Å². The molecule has 1 aliphatic carbocycles. The molecule has 3 nitrogen and oxygen atoms in total. The van der Waals surface area contributed by atoms with Gasteiger partial charge in [0.05, 0.1) is 6.61 Å². The molecule has 2 fully saturated rings. The van der Waals surface area contributed by atoms with Gasteiger partial charge in [-0.3, -0.25) is 4.79 Å². The first-order valence-corrected chi connectivity index (χ1v) is 9.81. The second-order valence-electron chi connectivity index (χ2n) is 7.36. The topological polar surface area (TPSA) is 29.5 Å². The van der Waals surface area contributed by atoms with E-state index in [9.17, 15) is 4.79 Å². The number of halogens is 1. The average molecular weight is 370 g/mol. The predicted molar refractivity (Wildman–Crippen MR) is 104 cm³/mol. The van der Waals surface area contributed by atoms with Crippen LogP contribution in [0, 0.1) is 11.8 Å². The molecule has 4 rings (SSSR count). The Morgan fingerprint density at radius 3 is 2.46 bits per heavy atom. The maximum atomic E-state index is 12.8. The van der Waals surface area contributed by atoms with Crippen molar-refractivity contribution >= 4 is 17.5 Å². The molecule has 0 radical (unpaired) electrons. The van der Waals surface area contributed by atoms with Crippen LogP contribution in [0.2, 0.25) is 5.02 Å². The molecule has 1 saturated carbocycles. The Kier molecular flexibility index (Phi) is 5.16. The Balaban J connectivity index is 1.25. The standard InChI is InChI=1S/C22H24ClNO2/c23-21-9-5-4-8-18(21)19-14-20(19)22(25)24-12-10-16(11-13-24)15-26-17-6-2-1-3-7-17/h1-9,16,19-20H,10-15H2. The minimum absolute atomic E-state index is 0.118. The van der Waals surface area contributed by atoms with Crippen LogP contribution in [0.5, 0.6) is 5.75 Å². The van der Waals surface area contributed by atoms with Crippen molar-refractivity contribution in [2.45, 2.75) is 25.2 Å². The number of hydrogen-bond acceptors (Lipinski definition) is 2. The SMILES string of the molecule is O=C(C1CC1c1ccccc1Cl)N1CCC(COc2ccccc2)CC1. The van der Waals surface area contributed by atoms with Gasteiger partial charge in [0.2, 0.25) is 5.91 Å². The minimum atomic E-state index is 0.118. The van der Waals surface area contributed by atoms with E-state index in [4.69, 9.17) is 16.3 Å². The average Bonchev–Trinajstić information content (AvgIpc) is 3.48. The molecule has 0 bridgehead atoms. The number of ether oxygens (including phenoxy) is 1. The molecule has 1 heterocycles. The first-order chi connectivity index (χ1) is 12.7. The van der Waals surface area contributed by atoms with Gasteiger partial charge in [-0.15, -0.1) is 0 Å². The molecule has 1 saturated heterocycles. The summed E-state index contributed by atoms with van der Waals surface area (Å²) in [7, 11) is 0. The summed E-state index contributed by atoms with van der Waals surface area (Å²) < 4.78 is 5.87. The van der Waals surface area contributed by atoms with Gasteiger partial charge in [-0.2, -0.15) is 0 Å². The summed E-state index contributed by atoms with van der Waals surface area (Å²) in [6, 6.07) is 17.8. The van der Waals surface area contributed by atoms with E-state index in [1.54, 1.807) is 0 Å². The van der Waals surface area contributed by atoms with Crippen LogP contribution in [0.15, 0.2) is 54.6 Å². The number of amides is 1. The summed E-state index contributed by atoms with van der Waals surface area (Å²) in [6.07, 6.45) is 2.96. The highest BCUT2D eigenvalue weighted by molar-refractivity contribution is 6.31. The monoisotopic (exact) mass is 369 g/mol. The molecule has 2 aromatic rings. The second kappa shape index (κ2) is 7.71. The Morgan fingerprint density at radius 2 is 1.73 bits per heavy atom. The van der Waals surface area contributed by atoms with Gasteiger partial charge in [-0.05, 0) is 54.9 Å². The third kappa shape index (κ3) is 3.88. The molecule has 1 amide bonds. The smallest absolute Gasteiger partial charge is 0.226 e. The lowest BCUT2D eigenvalue weighted by molar-refractivity contribution is -0.134. The molecule has 1 aliphatic heterocycles. The van der Waals surface area contributed by atoms with Gasteiger partial charge in [0.1, 0.15) is 5.75 Å². The molecule has 136 valence electrons. The van der Waals surface area contributed by atoms with E-state index in [1.165, 1.54) is 0 Å². The molecule has 0 spiro atoms. The maximum absolute atomic E-state index is 12.8. The zero-order chi connectivity index (χ0) is 17.9. The lowest BCUT2D eigenvalue weighted by Crippen LogP contribution is -2.40. The van der Waals surface area contributed by atoms with Crippen molar-refractivity contribution in [2.24, 2.45) is 11.8 Å². The van der Waals surface area contributed by atoms with Crippen LogP contribution in [-0.2, 0) is 4.79 Å². The first-order valence-electron chi connectivity index (χ1n) is 9.43. The fourth-order valence-electron chi connectivity index (χ4n) is 3.87. The van der Waals surface area contributed by atoms with E-state index in [1.807, 2.05) is 59.5 Å². The number of carbonyl (C=O) groups excluding carboxylic acids is 1. The van der Waals surface area contributed by atoms with Crippen LogP contribution in [0.3, 0.4) is 0 Å². The first kappa shape index (κ1) is 17.4. The lowest BCUT2D eigenvalue weighted by Gasteiger charge is -2.32. The zero-order valence-corrected chi connectivity index (χ0v) is 15.6. The Morgan fingerprint density at radius 1 is 1.04 bits per heavy atom.